The molecule has 0 aliphatic carbocycles. The fourth-order valence-electron chi connectivity index (χ4n) is 3.62. The molecule has 16 heteroatoms. The van der Waals surface area contributed by atoms with Crippen molar-refractivity contribution in [3.63, 3.8) is 0 Å². The van der Waals surface area contributed by atoms with E-state index < -0.39 is 66.6 Å². The minimum Gasteiger partial charge on any atom is -0.363 e. The van der Waals surface area contributed by atoms with E-state index in [0.29, 0.717) is 23.5 Å². The highest BCUT2D eigenvalue weighted by Gasteiger charge is 2.37. The van der Waals surface area contributed by atoms with Crippen LogP contribution in [0.3, 0.4) is 0 Å². The molecule has 0 atom stereocenters. The van der Waals surface area contributed by atoms with Crippen LogP contribution in [0.2, 0.25) is 0 Å². The third kappa shape index (κ3) is 12.5. The molecule has 0 saturated carbocycles. The van der Waals surface area contributed by atoms with E-state index in [9.17, 15) is 52.7 Å². The predicted octanol–water partition coefficient (Wildman–Crippen LogP) is 8.57. The average Bonchev–Trinajstić information content (AvgIpc) is 2.88. The molecule has 2 rings (SSSR count). The lowest BCUT2D eigenvalue weighted by atomic mass is 10.1. The second-order valence-electron chi connectivity index (χ2n) is 9.57. The zero-order valence-electron chi connectivity index (χ0n) is 23.0. The van der Waals surface area contributed by atoms with Gasteiger partial charge in [-0.15, -0.1) is 6.42 Å². The van der Waals surface area contributed by atoms with E-state index in [-0.39, 0.29) is 23.8 Å². The highest BCUT2D eigenvalue weighted by molar-refractivity contribution is 5.56. The van der Waals surface area contributed by atoms with Gasteiger partial charge in [-0.2, -0.15) is 63.2 Å². The molecule has 0 radical (unpaired) electrons. The summed E-state index contributed by atoms with van der Waals surface area (Å²) in [5.41, 5.74) is -4.36. The maximum Gasteiger partial charge on any atom is 0.417 e. The molecule has 2 aromatic carbocycles. The number of terminal acetylenes is 1. The van der Waals surface area contributed by atoms with Crippen LogP contribution >= 0.6 is 0 Å². The topological polar surface area (TPSA) is 54.1 Å². The minimum atomic E-state index is -4.85. The highest BCUT2D eigenvalue weighted by Crippen LogP contribution is 2.36. The fourth-order valence-corrected chi connectivity index (χ4v) is 3.62. The molecular formula is C28H24F12N4. The third-order valence-electron chi connectivity index (χ3n) is 5.59. The molecular weight excluding hydrogens is 620 g/mol. The van der Waals surface area contributed by atoms with Gasteiger partial charge in [-0.1, -0.05) is 19.8 Å². The summed E-state index contributed by atoms with van der Waals surface area (Å²) < 4.78 is 152. The Hall–Kier alpha value is -4.26. The summed E-state index contributed by atoms with van der Waals surface area (Å²) in [6, 6.07) is 7.67. The Morgan fingerprint density at radius 2 is 1.07 bits per heavy atom. The SMILES string of the molecule is C#CCN(CC(F)(F)F)c1ccc(C#N)c(C(F)(F)F)c1.CC(C)CCN(CC(F)(F)F)c1ccc(C#N)c(C(F)(F)F)c1. The first kappa shape index (κ1) is 37.8. The zero-order chi connectivity index (χ0) is 34.1. The van der Waals surface area contributed by atoms with Crippen molar-refractivity contribution in [2.45, 2.75) is 45.0 Å². The lowest BCUT2D eigenvalue weighted by Gasteiger charge is -2.27. The van der Waals surface area contributed by atoms with Crippen LogP contribution in [-0.2, 0) is 12.4 Å². The van der Waals surface area contributed by atoms with Gasteiger partial charge in [0.25, 0.3) is 0 Å². The Balaban J connectivity index is 0.000000442. The number of anilines is 2. The molecule has 0 bridgehead atoms. The van der Waals surface area contributed by atoms with Crippen LogP contribution in [0.1, 0.15) is 42.5 Å². The first-order chi connectivity index (χ1) is 20.0. The summed E-state index contributed by atoms with van der Waals surface area (Å²) in [6.45, 7) is 0.254. The molecule has 0 unspecified atom stereocenters. The number of nitriles is 2. The Kier molecular flexibility index (Phi) is 12.8. The first-order valence-electron chi connectivity index (χ1n) is 12.3. The van der Waals surface area contributed by atoms with E-state index in [4.69, 9.17) is 16.9 Å². The Morgan fingerprint density at radius 1 is 0.682 bits per heavy atom. The summed E-state index contributed by atoms with van der Waals surface area (Å²) in [7, 11) is 0. The van der Waals surface area contributed by atoms with Crippen molar-refractivity contribution in [1.82, 2.24) is 0 Å². The van der Waals surface area contributed by atoms with Gasteiger partial charge in [0.15, 0.2) is 0 Å². The third-order valence-corrected chi connectivity index (χ3v) is 5.59. The molecule has 44 heavy (non-hydrogen) atoms. The van der Waals surface area contributed by atoms with Gasteiger partial charge < -0.3 is 9.80 Å². The molecule has 0 fully saturated rings. The van der Waals surface area contributed by atoms with Gasteiger partial charge >= 0.3 is 24.7 Å². The van der Waals surface area contributed by atoms with Crippen molar-refractivity contribution in [3.8, 4) is 24.5 Å². The van der Waals surface area contributed by atoms with E-state index in [1.165, 1.54) is 12.1 Å². The van der Waals surface area contributed by atoms with E-state index in [1.54, 1.807) is 0 Å². The van der Waals surface area contributed by atoms with Gasteiger partial charge in [-0.05, 0) is 48.7 Å². The minimum absolute atomic E-state index is 0.0274. The van der Waals surface area contributed by atoms with Crippen LogP contribution in [-0.4, -0.2) is 38.5 Å². The van der Waals surface area contributed by atoms with Gasteiger partial charge in [0.1, 0.15) is 13.1 Å². The maximum absolute atomic E-state index is 12.9. The van der Waals surface area contributed by atoms with Gasteiger partial charge in [0, 0.05) is 17.9 Å². The number of alkyl halides is 12. The second kappa shape index (κ2) is 15.0. The maximum atomic E-state index is 12.9. The molecule has 240 valence electrons. The molecule has 0 aliphatic heterocycles. The predicted molar refractivity (Wildman–Crippen MR) is 137 cm³/mol. The Labute approximate surface area is 245 Å². The number of halogens is 12. The summed E-state index contributed by atoms with van der Waals surface area (Å²) in [5, 5.41) is 17.4. The fraction of sp³-hybridized carbons (Fsp3) is 0.429. The number of benzene rings is 2. The lowest BCUT2D eigenvalue weighted by Crippen LogP contribution is -2.35. The first-order valence-corrected chi connectivity index (χ1v) is 12.3. The van der Waals surface area contributed by atoms with Gasteiger partial charge in [-0.3, -0.25) is 0 Å². The number of nitrogens with zero attached hydrogens (tertiary/aromatic N) is 4. The van der Waals surface area contributed by atoms with Crippen LogP contribution in [0.25, 0.3) is 0 Å². The Morgan fingerprint density at radius 3 is 1.39 bits per heavy atom. The van der Waals surface area contributed by atoms with Crippen LogP contribution in [0, 0.1) is 40.9 Å². The molecule has 0 aromatic heterocycles. The molecule has 0 spiro atoms. The van der Waals surface area contributed by atoms with E-state index >= 15 is 0 Å². The molecule has 0 aliphatic rings. The van der Waals surface area contributed by atoms with Crippen LogP contribution in [0.15, 0.2) is 36.4 Å². The smallest absolute Gasteiger partial charge is 0.363 e. The molecule has 0 N–H and O–H groups in total. The van der Waals surface area contributed by atoms with E-state index in [1.807, 2.05) is 19.8 Å². The van der Waals surface area contributed by atoms with E-state index in [2.05, 4.69) is 0 Å². The van der Waals surface area contributed by atoms with Crippen molar-refractivity contribution in [1.29, 1.82) is 10.5 Å². The van der Waals surface area contributed by atoms with Crippen molar-refractivity contribution < 1.29 is 52.7 Å². The van der Waals surface area contributed by atoms with Crippen LogP contribution in [0.5, 0.6) is 0 Å². The van der Waals surface area contributed by atoms with E-state index in [0.717, 1.165) is 29.2 Å². The summed E-state index contributed by atoms with van der Waals surface area (Å²) in [5.74, 6) is 2.06. The zero-order valence-corrected chi connectivity index (χ0v) is 23.0. The van der Waals surface area contributed by atoms with Crippen molar-refractivity contribution in [2.24, 2.45) is 5.92 Å². The van der Waals surface area contributed by atoms with Crippen LogP contribution < -0.4 is 9.80 Å². The van der Waals surface area contributed by atoms with Gasteiger partial charge in [-0.25, -0.2) is 0 Å². The Bertz CT molecular complexity index is 1370. The van der Waals surface area contributed by atoms with Gasteiger partial charge in [0.05, 0.1) is 40.9 Å². The standard InChI is InChI=1S/C15H16F6N2.C13H8F6N2/c1-10(2)5-6-23(9-14(16,17)18)12-4-3-11(8-22)13(7-12)15(19,20)21;1-2-5-21(8-12(14,15)16)10-4-3-9(7-20)11(6-10)13(17,18)19/h3-4,7,10H,5-6,9H2,1-2H3;1,3-4,6H,5,8H2. The number of hydrogen-bond acceptors (Lipinski definition) is 4. The summed E-state index contributed by atoms with van der Waals surface area (Å²) in [4.78, 5) is 1.44. The van der Waals surface area contributed by atoms with Crippen molar-refractivity contribution in [3.05, 3.63) is 58.7 Å². The normalized spacial score (nSPS) is 12.0. The molecule has 4 nitrogen and oxygen atoms in total. The number of hydrogen-bond donors (Lipinski definition) is 0. The van der Waals surface area contributed by atoms with Crippen LogP contribution in [0.4, 0.5) is 64.1 Å². The largest absolute Gasteiger partial charge is 0.417 e. The van der Waals surface area contributed by atoms with Crippen molar-refractivity contribution >= 4 is 11.4 Å². The number of rotatable bonds is 8. The lowest BCUT2D eigenvalue weighted by molar-refractivity contribution is -0.138. The molecule has 0 amide bonds. The monoisotopic (exact) mass is 644 g/mol. The average molecular weight is 645 g/mol. The highest BCUT2D eigenvalue weighted by atomic mass is 19.4. The second-order valence-corrected chi connectivity index (χ2v) is 9.57. The molecule has 2 aromatic rings. The quantitative estimate of drug-likeness (QED) is 0.214. The summed E-state index contributed by atoms with van der Waals surface area (Å²) in [6.07, 6.45) is -13.5. The molecule has 0 saturated heterocycles. The van der Waals surface area contributed by atoms with Gasteiger partial charge in [0.2, 0.25) is 0 Å². The summed E-state index contributed by atoms with van der Waals surface area (Å²) >= 11 is 0. The molecule has 0 heterocycles. The van der Waals surface area contributed by atoms with Crippen molar-refractivity contribution in [2.75, 3.05) is 36.0 Å².